The highest BCUT2D eigenvalue weighted by Crippen LogP contribution is 2.25. The molecule has 0 spiro atoms. The number of rotatable bonds is 0. The summed E-state index contributed by atoms with van der Waals surface area (Å²) in [4.78, 5) is 0. The van der Waals surface area contributed by atoms with Crippen molar-refractivity contribution in [1.29, 1.82) is 0 Å². The number of hydrogen-bond acceptors (Lipinski definition) is 1. The van der Waals surface area contributed by atoms with Crippen LogP contribution in [-0.4, -0.2) is 12.7 Å². The highest BCUT2D eigenvalue weighted by molar-refractivity contribution is 5.57. The molecule has 1 unspecified atom stereocenters. The van der Waals surface area contributed by atoms with Gasteiger partial charge in [0.25, 0.3) is 0 Å². The molecule has 0 bridgehead atoms. The minimum Gasteiger partial charge on any atom is -0.382 e. The van der Waals surface area contributed by atoms with Crippen molar-refractivity contribution < 1.29 is 4.39 Å². The predicted molar refractivity (Wildman–Crippen MR) is 52.9 cm³/mol. The van der Waals surface area contributed by atoms with Crippen molar-refractivity contribution in [3.63, 3.8) is 0 Å². The molecule has 1 atom stereocenters. The second kappa shape index (κ2) is 3.36. The van der Waals surface area contributed by atoms with Crippen LogP contribution in [0.25, 0.3) is 0 Å². The molecular formula is C11H14FN. The molecule has 1 aliphatic heterocycles. The molecule has 1 aliphatic rings. The lowest BCUT2D eigenvalue weighted by atomic mass is 10.0. The molecule has 1 heterocycles. The number of alkyl halides is 1. The van der Waals surface area contributed by atoms with E-state index in [2.05, 4.69) is 24.4 Å². The number of nitrogens with one attached hydrogen (secondary N) is 1. The van der Waals surface area contributed by atoms with Crippen molar-refractivity contribution in [3.8, 4) is 0 Å². The highest BCUT2D eigenvalue weighted by Gasteiger charge is 2.15. The standard InChI is InChI=1S/C11H14FN/c1-8-3-2-4-9-5-6-10(12)7-13-11(8)9/h2-4,10,13H,5-7H2,1H3. The second-order valence-electron chi connectivity index (χ2n) is 3.63. The van der Waals surface area contributed by atoms with E-state index < -0.39 is 6.17 Å². The van der Waals surface area contributed by atoms with Gasteiger partial charge in [0.15, 0.2) is 0 Å². The van der Waals surface area contributed by atoms with Gasteiger partial charge in [-0.05, 0) is 30.9 Å². The van der Waals surface area contributed by atoms with Crippen molar-refractivity contribution in [1.82, 2.24) is 0 Å². The van der Waals surface area contributed by atoms with Crippen molar-refractivity contribution in [2.45, 2.75) is 25.9 Å². The van der Waals surface area contributed by atoms with Crippen LogP contribution < -0.4 is 5.32 Å². The molecule has 0 amide bonds. The fourth-order valence-corrected chi connectivity index (χ4v) is 1.82. The number of para-hydroxylation sites is 1. The largest absolute Gasteiger partial charge is 0.382 e. The van der Waals surface area contributed by atoms with Gasteiger partial charge in [-0.25, -0.2) is 4.39 Å². The number of anilines is 1. The van der Waals surface area contributed by atoms with Crippen molar-refractivity contribution >= 4 is 5.69 Å². The lowest BCUT2D eigenvalue weighted by molar-refractivity contribution is 0.333. The Morgan fingerprint density at radius 3 is 3.15 bits per heavy atom. The van der Waals surface area contributed by atoms with Crippen molar-refractivity contribution in [2.24, 2.45) is 0 Å². The van der Waals surface area contributed by atoms with Crippen LogP contribution in [0, 0.1) is 6.92 Å². The van der Waals surface area contributed by atoms with Crippen molar-refractivity contribution in [2.75, 3.05) is 11.9 Å². The Morgan fingerprint density at radius 2 is 2.31 bits per heavy atom. The Labute approximate surface area is 78.0 Å². The summed E-state index contributed by atoms with van der Waals surface area (Å²) in [6, 6.07) is 6.17. The Morgan fingerprint density at radius 1 is 1.46 bits per heavy atom. The predicted octanol–water partition coefficient (Wildman–Crippen LogP) is 2.69. The van der Waals surface area contributed by atoms with E-state index in [1.165, 1.54) is 11.1 Å². The Kier molecular flexibility index (Phi) is 2.21. The SMILES string of the molecule is Cc1cccc2c1NCC(F)CC2. The van der Waals surface area contributed by atoms with Crippen LogP contribution in [-0.2, 0) is 6.42 Å². The molecule has 1 N–H and O–H groups in total. The zero-order valence-corrected chi connectivity index (χ0v) is 7.81. The zero-order chi connectivity index (χ0) is 9.26. The molecule has 0 saturated carbocycles. The average molecular weight is 179 g/mol. The van der Waals surface area contributed by atoms with E-state index in [0.29, 0.717) is 13.0 Å². The van der Waals surface area contributed by atoms with Gasteiger partial charge in [0.2, 0.25) is 0 Å². The van der Waals surface area contributed by atoms with E-state index in [-0.39, 0.29) is 0 Å². The zero-order valence-electron chi connectivity index (χ0n) is 7.81. The van der Waals surface area contributed by atoms with Gasteiger partial charge in [-0.1, -0.05) is 18.2 Å². The quantitative estimate of drug-likeness (QED) is 0.645. The molecular weight excluding hydrogens is 165 g/mol. The maximum atomic E-state index is 13.1. The summed E-state index contributed by atoms with van der Waals surface area (Å²) in [6.07, 6.45) is 0.793. The highest BCUT2D eigenvalue weighted by atomic mass is 19.1. The summed E-state index contributed by atoms with van der Waals surface area (Å²) >= 11 is 0. The summed E-state index contributed by atoms with van der Waals surface area (Å²) in [7, 11) is 0. The van der Waals surface area contributed by atoms with Gasteiger partial charge < -0.3 is 5.32 Å². The molecule has 1 nitrogen and oxygen atoms in total. The molecule has 0 aliphatic carbocycles. The Hall–Kier alpha value is -1.05. The van der Waals surface area contributed by atoms with Gasteiger partial charge in [0.05, 0.1) is 0 Å². The van der Waals surface area contributed by atoms with E-state index in [4.69, 9.17) is 0 Å². The van der Waals surface area contributed by atoms with Crippen LogP contribution in [0.2, 0.25) is 0 Å². The fraction of sp³-hybridized carbons (Fsp3) is 0.455. The number of aryl methyl sites for hydroxylation is 2. The third-order valence-corrected chi connectivity index (χ3v) is 2.59. The van der Waals surface area contributed by atoms with E-state index >= 15 is 0 Å². The lowest BCUT2D eigenvalue weighted by Gasteiger charge is -2.10. The van der Waals surface area contributed by atoms with E-state index in [9.17, 15) is 4.39 Å². The monoisotopic (exact) mass is 179 g/mol. The summed E-state index contributed by atoms with van der Waals surface area (Å²) in [6.45, 7) is 2.52. The third kappa shape index (κ3) is 1.67. The average Bonchev–Trinajstić information content (AvgIpc) is 2.30. The van der Waals surface area contributed by atoms with Crippen LogP contribution in [0.15, 0.2) is 18.2 Å². The fourth-order valence-electron chi connectivity index (χ4n) is 1.82. The summed E-state index contributed by atoms with van der Waals surface area (Å²) in [5.74, 6) is 0. The third-order valence-electron chi connectivity index (χ3n) is 2.59. The van der Waals surface area contributed by atoms with E-state index in [0.717, 1.165) is 12.1 Å². The number of fused-ring (bicyclic) bond motifs is 1. The number of halogens is 1. The maximum Gasteiger partial charge on any atom is 0.118 e. The molecule has 1 aromatic rings. The van der Waals surface area contributed by atoms with Gasteiger partial charge in [-0.15, -0.1) is 0 Å². The Balaban J connectivity index is 2.35. The van der Waals surface area contributed by atoms with Gasteiger partial charge >= 0.3 is 0 Å². The number of hydrogen-bond donors (Lipinski definition) is 1. The minimum absolute atomic E-state index is 0.456. The lowest BCUT2D eigenvalue weighted by Crippen LogP contribution is -2.12. The number of benzene rings is 1. The molecule has 0 radical (unpaired) electrons. The summed E-state index contributed by atoms with van der Waals surface area (Å²) in [5, 5.41) is 3.17. The van der Waals surface area contributed by atoms with Gasteiger partial charge in [0.1, 0.15) is 6.17 Å². The molecule has 0 saturated heterocycles. The molecule has 0 aromatic heterocycles. The topological polar surface area (TPSA) is 12.0 Å². The van der Waals surface area contributed by atoms with Gasteiger partial charge in [0, 0.05) is 12.2 Å². The first kappa shape index (κ1) is 8.54. The summed E-state index contributed by atoms with van der Waals surface area (Å²) in [5.41, 5.74) is 3.61. The van der Waals surface area contributed by atoms with E-state index in [1.54, 1.807) is 0 Å². The molecule has 13 heavy (non-hydrogen) atoms. The van der Waals surface area contributed by atoms with Crippen molar-refractivity contribution in [3.05, 3.63) is 29.3 Å². The molecule has 70 valence electrons. The van der Waals surface area contributed by atoms with Crippen LogP contribution in [0.3, 0.4) is 0 Å². The minimum atomic E-state index is -0.702. The van der Waals surface area contributed by atoms with E-state index in [1.807, 2.05) is 6.07 Å². The molecule has 0 fully saturated rings. The first-order valence-corrected chi connectivity index (χ1v) is 4.74. The van der Waals surface area contributed by atoms with Gasteiger partial charge in [-0.3, -0.25) is 0 Å². The smallest absolute Gasteiger partial charge is 0.118 e. The molecule has 2 rings (SSSR count). The molecule has 1 aromatic carbocycles. The maximum absolute atomic E-state index is 13.1. The Bertz CT molecular complexity index is 309. The summed E-state index contributed by atoms with van der Waals surface area (Å²) < 4.78 is 13.1. The van der Waals surface area contributed by atoms with Crippen LogP contribution in [0.4, 0.5) is 10.1 Å². The van der Waals surface area contributed by atoms with Crippen LogP contribution in [0.5, 0.6) is 0 Å². The second-order valence-corrected chi connectivity index (χ2v) is 3.63. The molecule has 2 heteroatoms. The first-order valence-electron chi connectivity index (χ1n) is 4.74. The van der Waals surface area contributed by atoms with Crippen LogP contribution in [0.1, 0.15) is 17.5 Å². The van der Waals surface area contributed by atoms with Crippen LogP contribution >= 0.6 is 0 Å². The van der Waals surface area contributed by atoms with Gasteiger partial charge in [-0.2, -0.15) is 0 Å². The first-order chi connectivity index (χ1) is 6.27. The normalized spacial score (nSPS) is 21.5.